The van der Waals surface area contributed by atoms with E-state index in [0.29, 0.717) is 6.20 Å². The number of anilines is 1. The molecule has 11 heteroatoms. The largest absolute Gasteiger partial charge is 0.418 e. The molecule has 0 aliphatic carbocycles. The van der Waals surface area contributed by atoms with Crippen LogP contribution in [0.4, 0.5) is 32.0 Å². The third-order valence-electron chi connectivity index (χ3n) is 3.00. The summed E-state index contributed by atoms with van der Waals surface area (Å²) in [6.07, 6.45) is -8.64. The van der Waals surface area contributed by atoms with Gasteiger partial charge in [0.05, 0.1) is 32.6 Å². The normalized spacial score (nSPS) is 12.1. The highest BCUT2D eigenvalue weighted by atomic mass is 35.5. The Kier molecular flexibility index (Phi) is 6.07. The van der Waals surface area contributed by atoms with Crippen LogP contribution in [0.1, 0.15) is 11.1 Å². The van der Waals surface area contributed by atoms with Crippen molar-refractivity contribution in [3.63, 3.8) is 0 Å². The van der Waals surface area contributed by atoms with E-state index in [0.717, 1.165) is 36.0 Å². The van der Waals surface area contributed by atoms with Crippen LogP contribution in [0.15, 0.2) is 41.6 Å². The lowest BCUT2D eigenvalue weighted by Gasteiger charge is -2.15. The fourth-order valence-corrected chi connectivity index (χ4v) is 2.70. The maximum absolute atomic E-state index is 12.9. The number of aromatic nitrogens is 1. The van der Waals surface area contributed by atoms with Crippen LogP contribution in [-0.4, -0.2) is 16.6 Å². The van der Waals surface area contributed by atoms with Crippen molar-refractivity contribution < 1.29 is 31.1 Å². The van der Waals surface area contributed by atoms with Crippen LogP contribution in [0, 0.1) is 0 Å². The fourth-order valence-electron chi connectivity index (χ4n) is 1.84. The van der Waals surface area contributed by atoms with Gasteiger partial charge in [-0.1, -0.05) is 29.4 Å². The number of alkyl halides is 6. The number of pyridine rings is 1. The molecule has 0 aliphatic rings. The van der Waals surface area contributed by atoms with Gasteiger partial charge >= 0.3 is 12.4 Å². The lowest BCUT2D eigenvalue weighted by atomic mass is 10.1. The zero-order valence-corrected chi connectivity index (χ0v) is 14.2. The van der Waals surface area contributed by atoms with E-state index in [-0.39, 0.29) is 15.8 Å². The summed E-state index contributed by atoms with van der Waals surface area (Å²) in [4.78, 5) is 15.4. The third-order valence-corrected chi connectivity index (χ3v) is 4.26. The van der Waals surface area contributed by atoms with Crippen molar-refractivity contribution in [2.75, 3.05) is 11.1 Å². The first-order valence-electron chi connectivity index (χ1n) is 6.80. The van der Waals surface area contributed by atoms with Gasteiger partial charge in [-0.3, -0.25) is 4.79 Å². The number of nitrogens with zero attached hydrogens (tertiary/aromatic N) is 1. The van der Waals surface area contributed by atoms with Gasteiger partial charge in [-0.25, -0.2) is 4.98 Å². The fraction of sp³-hybridized carbons (Fsp3) is 0.200. The molecule has 1 aromatic carbocycles. The van der Waals surface area contributed by atoms with Gasteiger partial charge in [0.2, 0.25) is 5.91 Å². The van der Waals surface area contributed by atoms with Crippen molar-refractivity contribution in [1.29, 1.82) is 0 Å². The van der Waals surface area contributed by atoms with E-state index < -0.39 is 35.1 Å². The van der Waals surface area contributed by atoms with Gasteiger partial charge in [-0.15, -0.1) is 0 Å². The maximum atomic E-state index is 12.9. The summed E-state index contributed by atoms with van der Waals surface area (Å²) in [5.74, 6) is -1.17. The van der Waals surface area contributed by atoms with Gasteiger partial charge < -0.3 is 5.32 Å². The second-order valence-electron chi connectivity index (χ2n) is 4.88. The van der Waals surface area contributed by atoms with Gasteiger partial charge in [0, 0.05) is 6.20 Å². The quantitative estimate of drug-likeness (QED) is 0.530. The molecule has 1 aromatic heterocycles. The topological polar surface area (TPSA) is 42.0 Å². The summed E-state index contributed by atoms with van der Waals surface area (Å²) in [6, 6.07) is 4.92. The Hall–Kier alpha value is -1.94. The average molecular weight is 415 g/mol. The molecule has 1 N–H and O–H groups in total. The van der Waals surface area contributed by atoms with Gasteiger partial charge in [0.25, 0.3) is 0 Å². The van der Waals surface area contributed by atoms with Crippen molar-refractivity contribution in [3.8, 4) is 0 Å². The van der Waals surface area contributed by atoms with Gasteiger partial charge in [-0.05, 0) is 24.3 Å². The van der Waals surface area contributed by atoms with Crippen molar-refractivity contribution in [1.82, 2.24) is 4.98 Å². The van der Waals surface area contributed by atoms with Crippen LogP contribution in [-0.2, 0) is 17.1 Å². The molecule has 0 unspecified atom stereocenters. The van der Waals surface area contributed by atoms with E-state index in [2.05, 4.69) is 10.3 Å². The lowest BCUT2D eigenvalue weighted by molar-refractivity contribution is -0.138. The maximum Gasteiger partial charge on any atom is 0.418 e. The van der Waals surface area contributed by atoms with E-state index in [1.807, 2.05) is 0 Å². The first kappa shape index (κ1) is 20.4. The Morgan fingerprint density at radius 3 is 2.31 bits per heavy atom. The minimum Gasteiger partial charge on any atom is -0.324 e. The first-order valence-corrected chi connectivity index (χ1v) is 8.16. The monoisotopic (exact) mass is 414 g/mol. The van der Waals surface area contributed by atoms with E-state index in [9.17, 15) is 31.1 Å². The number of carbonyl (C=O) groups is 1. The number of para-hydroxylation sites is 1. The Morgan fingerprint density at radius 1 is 1.08 bits per heavy atom. The van der Waals surface area contributed by atoms with E-state index >= 15 is 0 Å². The highest BCUT2D eigenvalue weighted by Crippen LogP contribution is 2.38. The number of carbonyl (C=O) groups excluding carboxylic acids is 1. The Balaban J connectivity index is 2.04. The molecule has 2 rings (SSSR count). The molecular weight excluding hydrogens is 406 g/mol. The SMILES string of the molecule is O=C(CSc1ccc(C(F)(F)F)cn1)Nc1c(Cl)cccc1C(F)(F)F. The molecule has 26 heavy (non-hydrogen) atoms. The standard InChI is InChI=1S/C15H9ClF6N2OS/c16-10-3-1-2-9(15(20,21)22)13(10)24-11(25)7-26-12-5-4-8(6-23-12)14(17,18)19/h1-6H,7H2,(H,24,25). The number of thioether (sulfide) groups is 1. The summed E-state index contributed by atoms with van der Waals surface area (Å²) in [5.41, 5.74) is -2.62. The number of halogens is 7. The number of benzene rings is 1. The first-order chi connectivity index (χ1) is 12.0. The van der Waals surface area contributed by atoms with Gasteiger partial charge in [0.15, 0.2) is 0 Å². The molecule has 2 aromatic rings. The second-order valence-corrected chi connectivity index (χ2v) is 6.28. The zero-order valence-electron chi connectivity index (χ0n) is 12.6. The molecule has 3 nitrogen and oxygen atoms in total. The third kappa shape index (κ3) is 5.28. The predicted molar refractivity (Wildman–Crippen MR) is 85.0 cm³/mol. The van der Waals surface area contributed by atoms with Crippen molar-refractivity contribution in [3.05, 3.63) is 52.7 Å². The highest BCUT2D eigenvalue weighted by molar-refractivity contribution is 7.99. The number of amides is 1. The van der Waals surface area contributed by atoms with Crippen LogP contribution < -0.4 is 5.32 Å². The molecule has 0 saturated heterocycles. The van der Waals surface area contributed by atoms with Crippen LogP contribution in [0.5, 0.6) is 0 Å². The lowest BCUT2D eigenvalue weighted by Crippen LogP contribution is -2.18. The van der Waals surface area contributed by atoms with Crippen LogP contribution in [0.3, 0.4) is 0 Å². The van der Waals surface area contributed by atoms with E-state index in [4.69, 9.17) is 11.6 Å². The molecule has 0 atom stereocenters. The molecule has 0 fully saturated rings. The summed E-state index contributed by atoms with van der Waals surface area (Å²) in [7, 11) is 0. The summed E-state index contributed by atoms with van der Waals surface area (Å²) in [6.45, 7) is 0. The Bertz CT molecular complexity index is 792. The van der Waals surface area contributed by atoms with E-state index in [1.54, 1.807) is 0 Å². The minimum atomic E-state index is -4.71. The predicted octanol–water partition coefficient (Wildman–Crippen LogP) is 5.50. The molecule has 0 radical (unpaired) electrons. The van der Waals surface area contributed by atoms with Crippen LogP contribution in [0.25, 0.3) is 0 Å². The summed E-state index contributed by atoms with van der Waals surface area (Å²) in [5, 5.41) is 1.90. The van der Waals surface area contributed by atoms with Gasteiger partial charge in [-0.2, -0.15) is 26.3 Å². The molecule has 0 bridgehead atoms. The number of hydrogen-bond donors (Lipinski definition) is 1. The summed E-state index contributed by atoms with van der Waals surface area (Å²) >= 11 is 6.49. The number of nitrogens with one attached hydrogen (secondary N) is 1. The average Bonchev–Trinajstić information content (AvgIpc) is 2.53. The molecule has 140 valence electrons. The van der Waals surface area contributed by atoms with E-state index in [1.165, 1.54) is 6.07 Å². The Labute approximate surface area is 152 Å². The molecule has 0 spiro atoms. The second kappa shape index (κ2) is 7.75. The smallest absolute Gasteiger partial charge is 0.324 e. The van der Waals surface area contributed by atoms with Crippen molar-refractivity contribution >= 4 is 35.0 Å². The summed E-state index contributed by atoms with van der Waals surface area (Å²) < 4.78 is 76.1. The minimum absolute atomic E-state index is 0.114. The molecule has 0 saturated carbocycles. The molecule has 1 amide bonds. The van der Waals surface area contributed by atoms with Crippen LogP contribution >= 0.6 is 23.4 Å². The number of hydrogen-bond acceptors (Lipinski definition) is 3. The Morgan fingerprint density at radius 2 is 1.77 bits per heavy atom. The zero-order chi connectivity index (χ0) is 19.5. The molecular formula is C15H9ClF6N2OS. The highest BCUT2D eigenvalue weighted by Gasteiger charge is 2.35. The molecule has 0 aliphatic heterocycles. The van der Waals surface area contributed by atoms with Crippen LogP contribution in [0.2, 0.25) is 5.02 Å². The van der Waals surface area contributed by atoms with Crippen molar-refractivity contribution in [2.45, 2.75) is 17.4 Å². The van der Waals surface area contributed by atoms with Gasteiger partial charge in [0.1, 0.15) is 0 Å². The molecule has 1 heterocycles. The number of rotatable bonds is 4. The van der Waals surface area contributed by atoms with Crippen molar-refractivity contribution in [2.24, 2.45) is 0 Å².